The van der Waals surface area contributed by atoms with Crippen LogP contribution in [0.5, 0.6) is 5.75 Å². The highest BCUT2D eigenvalue weighted by atomic mass is 16.6. The van der Waals surface area contributed by atoms with Crippen molar-refractivity contribution >= 4 is 23.8 Å². The number of nitrogens with one attached hydrogen (secondary N) is 4. The zero-order valence-electron chi connectivity index (χ0n) is 36.2. The lowest BCUT2D eigenvalue weighted by molar-refractivity contribution is -0.126. The van der Waals surface area contributed by atoms with E-state index in [9.17, 15) is 19.2 Å². The molecule has 4 N–H and O–H groups in total. The van der Waals surface area contributed by atoms with Gasteiger partial charge in [-0.1, -0.05) is 38.8 Å². The first-order valence-electron chi connectivity index (χ1n) is 22.4. The smallest absolute Gasteiger partial charge is 0.407 e. The van der Waals surface area contributed by atoms with E-state index in [0.29, 0.717) is 95.4 Å². The molecule has 4 amide bonds. The zero-order chi connectivity index (χ0) is 42.1. The number of rotatable bonds is 24. The fraction of sp³-hybridized carbons (Fsp3) is 0.739. The molecule has 0 aliphatic heterocycles. The normalized spacial score (nSPS) is 27.0. The SMILES string of the molecule is CCC1CCC2C3CC=C4CC(OC(=O)NCCCOCCOCCOCCNC(=O)CCC(=O)NCCCNC(=O)c5ccc(OC)cc5)CCC4(C)C3CCC12C. The van der Waals surface area contributed by atoms with Crippen molar-refractivity contribution < 1.29 is 42.9 Å². The molecule has 13 nitrogen and oxygen atoms in total. The first-order chi connectivity index (χ1) is 28.6. The molecule has 7 atom stereocenters. The summed E-state index contributed by atoms with van der Waals surface area (Å²) in [6, 6.07) is 6.83. The molecule has 3 saturated carbocycles. The van der Waals surface area contributed by atoms with E-state index >= 15 is 0 Å². The van der Waals surface area contributed by atoms with Gasteiger partial charge in [-0.3, -0.25) is 14.4 Å². The Bertz CT molecular complexity index is 1540. The van der Waals surface area contributed by atoms with Crippen LogP contribution in [0.2, 0.25) is 0 Å². The largest absolute Gasteiger partial charge is 0.497 e. The summed E-state index contributed by atoms with van der Waals surface area (Å²) >= 11 is 0. The van der Waals surface area contributed by atoms with Gasteiger partial charge in [-0.2, -0.15) is 0 Å². The molecule has 7 unspecified atom stereocenters. The number of alkyl carbamates (subject to hydrolysis) is 1. The van der Waals surface area contributed by atoms with Crippen LogP contribution in [0.3, 0.4) is 0 Å². The second kappa shape index (κ2) is 23.4. The van der Waals surface area contributed by atoms with Crippen LogP contribution in [0.25, 0.3) is 0 Å². The quantitative estimate of drug-likeness (QED) is 0.0688. The predicted molar refractivity (Wildman–Crippen MR) is 226 cm³/mol. The Morgan fingerprint density at radius 2 is 1.37 bits per heavy atom. The van der Waals surface area contributed by atoms with Gasteiger partial charge < -0.3 is 45.0 Å². The molecule has 0 radical (unpaired) electrons. The number of allylic oxidation sites excluding steroid dienone is 1. The first-order valence-corrected chi connectivity index (χ1v) is 22.4. The van der Waals surface area contributed by atoms with Gasteiger partial charge in [0.2, 0.25) is 11.8 Å². The molecule has 0 aromatic heterocycles. The molecule has 4 aliphatic rings. The van der Waals surface area contributed by atoms with Crippen LogP contribution in [0.15, 0.2) is 35.9 Å². The maximum absolute atomic E-state index is 12.6. The minimum absolute atomic E-state index is 0.0461. The molecule has 13 heteroatoms. The number of benzene rings is 1. The Morgan fingerprint density at radius 1 is 0.712 bits per heavy atom. The molecule has 0 saturated heterocycles. The average Bonchev–Trinajstić information content (AvgIpc) is 3.59. The van der Waals surface area contributed by atoms with Gasteiger partial charge in [-0.05, 0) is 117 Å². The molecule has 0 bridgehead atoms. The van der Waals surface area contributed by atoms with E-state index in [1.165, 1.54) is 38.5 Å². The topological polar surface area (TPSA) is 163 Å². The van der Waals surface area contributed by atoms with Crippen molar-refractivity contribution in [1.29, 1.82) is 0 Å². The lowest BCUT2D eigenvalue weighted by Crippen LogP contribution is -2.50. The third kappa shape index (κ3) is 13.2. The minimum atomic E-state index is -0.331. The van der Waals surface area contributed by atoms with Gasteiger partial charge in [0, 0.05) is 57.6 Å². The van der Waals surface area contributed by atoms with Crippen LogP contribution >= 0.6 is 0 Å². The minimum Gasteiger partial charge on any atom is -0.497 e. The number of carbonyl (C=O) groups is 4. The van der Waals surface area contributed by atoms with Gasteiger partial charge >= 0.3 is 6.09 Å². The molecule has 1 aromatic carbocycles. The van der Waals surface area contributed by atoms with Crippen molar-refractivity contribution in [2.45, 2.75) is 110 Å². The van der Waals surface area contributed by atoms with E-state index < -0.39 is 0 Å². The lowest BCUT2D eigenvalue weighted by atomic mass is 9.47. The summed E-state index contributed by atoms with van der Waals surface area (Å²) in [4.78, 5) is 48.9. The molecular weight excluding hydrogens is 753 g/mol. The molecule has 0 spiro atoms. The van der Waals surface area contributed by atoms with Crippen LogP contribution in [-0.4, -0.2) is 103 Å². The molecule has 330 valence electrons. The summed E-state index contributed by atoms with van der Waals surface area (Å²) in [6.45, 7) is 11.7. The van der Waals surface area contributed by atoms with Gasteiger partial charge in [-0.25, -0.2) is 4.79 Å². The number of hydrogen-bond acceptors (Lipinski definition) is 9. The highest BCUT2D eigenvalue weighted by Gasteiger charge is 2.58. The number of hydrogen-bond donors (Lipinski definition) is 4. The van der Waals surface area contributed by atoms with Crippen molar-refractivity contribution in [3.05, 3.63) is 41.5 Å². The van der Waals surface area contributed by atoms with Crippen molar-refractivity contribution in [1.82, 2.24) is 21.3 Å². The van der Waals surface area contributed by atoms with Crippen molar-refractivity contribution in [3.8, 4) is 5.75 Å². The summed E-state index contributed by atoms with van der Waals surface area (Å²) in [6.07, 6.45) is 14.6. The second-order valence-corrected chi connectivity index (χ2v) is 17.4. The van der Waals surface area contributed by atoms with Crippen LogP contribution in [0.1, 0.15) is 115 Å². The predicted octanol–water partition coefficient (Wildman–Crippen LogP) is 6.35. The Hall–Kier alpha value is -3.68. The highest BCUT2D eigenvalue weighted by Crippen LogP contribution is 2.66. The summed E-state index contributed by atoms with van der Waals surface area (Å²) < 4.78 is 27.7. The zero-order valence-corrected chi connectivity index (χ0v) is 36.2. The van der Waals surface area contributed by atoms with Gasteiger partial charge in [-0.15, -0.1) is 0 Å². The van der Waals surface area contributed by atoms with Crippen LogP contribution in [0, 0.1) is 34.5 Å². The maximum Gasteiger partial charge on any atom is 0.407 e. The average molecular weight is 825 g/mol. The van der Waals surface area contributed by atoms with Crippen molar-refractivity contribution in [2.75, 3.05) is 72.9 Å². The van der Waals surface area contributed by atoms with Gasteiger partial charge in [0.05, 0.1) is 40.1 Å². The van der Waals surface area contributed by atoms with Crippen LogP contribution in [0.4, 0.5) is 4.79 Å². The summed E-state index contributed by atoms with van der Waals surface area (Å²) in [5.41, 5.74) is 2.87. The van der Waals surface area contributed by atoms with Gasteiger partial charge in [0.1, 0.15) is 11.9 Å². The monoisotopic (exact) mass is 825 g/mol. The van der Waals surface area contributed by atoms with E-state index in [1.807, 2.05) is 0 Å². The summed E-state index contributed by atoms with van der Waals surface area (Å²) in [5.74, 6) is 3.42. The number of carbonyl (C=O) groups excluding carboxylic acids is 4. The van der Waals surface area contributed by atoms with E-state index in [2.05, 4.69) is 48.1 Å². The van der Waals surface area contributed by atoms with Crippen LogP contribution < -0.4 is 26.0 Å². The van der Waals surface area contributed by atoms with Gasteiger partial charge in [0.25, 0.3) is 5.91 Å². The second-order valence-electron chi connectivity index (χ2n) is 17.4. The van der Waals surface area contributed by atoms with Crippen LogP contribution in [-0.2, 0) is 28.5 Å². The number of fused-ring (bicyclic) bond motifs is 5. The van der Waals surface area contributed by atoms with Crippen molar-refractivity contribution in [3.63, 3.8) is 0 Å². The fourth-order valence-electron chi connectivity index (χ4n) is 10.6. The van der Waals surface area contributed by atoms with E-state index in [0.717, 1.165) is 42.9 Å². The molecule has 1 aromatic rings. The Balaban J connectivity index is 0.783. The molecule has 4 aliphatic carbocycles. The number of methoxy groups -OCH3 is 1. The molecule has 3 fully saturated rings. The molecule has 59 heavy (non-hydrogen) atoms. The first kappa shape index (κ1) is 46.4. The third-order valence-electron chi connectivity index (χ3n) is 14.0. The number of ether oxygens (including phenoxy) is 5. The Kier molecular flexibility index (Phi) is 18.4. The summed E-state index contributed by atoms with van der Waals surface area (Å²) in [7, 11) is 1.57. The van der Waals surface area contributed by atoms with E-state index in [1.54, 1.807) is 36.9 Å². The third-order valence-corrected chi connectivity index (χ3v) is 14.0. The molecular formula is C46H72N4O9. The van der Waals surface area contributed by atoms with Crippen molar-refractivity contribution in [2.24, 2.45) is 34.5 Å². The fourth-order valence-corrected chi connectivity index (χ4v) is 10.6. The van der Waals surface area contributed by atoms with E-state index in [4.69, 9.17) is 23.7 Å². The Labute approximate surface area is 352 Å². The van der Waals surface area contributed by atoms with Gasteiger partial charge in [0.15, 0.2) is 0 Å². The summed E-state index contributed by atoms with van der Waals surface area (Å²) in [5, 5.41) is 11.2. The molecule has 0 heterocycles. The lowest BCUT2D eigenvalue weighted by Gasteiger charge is -2.58. The maximum atomic E-state index is 12.6. The Morgan fingerprint density at radius 3 is 2.08 bits per heavy atom. The standard InChI is InChI=1S/C46H72N4O9/c1-5-34-11-15-39-38-14-10-35-32-37(18-20-46(35,3)40(38)19-21-45(34,39)2)59-44(54)50-24-7-26-56-28-30-58-31-29-57-27-25-48-42(52)17-16-41(51)47-22-6-23-49-43(53)33-8-12-36(55-4)13-9-33/h8-10,12-13,34,37-40H,5-7,11,14-32H2,1-4H3,(H,47,51)(H,48,52)(H,49,53)(H,50,54). The van der Waals surface area contributed by atoms with E-state index in [-0.39, 0.29) is 48.2 Å². The molecule has 5 rings (SSSR count). The number of amides is 4. The highest BCUT2D eigenvalue weighted by molar-refractivity contribution is 5.94.